The molecule has 0 saturated carbocycles. The SMILES string of the molecule is COC(=O)C1OC(OC(=O)/C=C(C)/C=C/C=C(C)/C=C/C2=C(C)CCCC2(C)C)C(OC(C)=O)C(OC(C)=O)C1OC(C)=O. The van der Waals surface area contributed by atoms with Gasteiger partial charge in [0, 0.05) is 26.8 Å². The van der Waals surface area contributed by atoms with Crippen molar-refractivity contribution in [1.82, 2.24) is 0 Å². The van der Waals surface area contributed by atoms with Crippen molar-refractivity contribution in [2.24, 2.45) is 5.41 Å². The van der Waals surface area contributed by atoms with Gasteiger partial charge in [0.1, 0.15) is 0 Å². The number of hydrogen-bond donors (Lipinski definition) is 0. The van der Waals surface area contributed by atoms with Crippen molar-refractivity contribution in [3.8, 4) is 0 Å². The third kappa shape index (κ3) is 10.6. The number of allylic oxidation sites excluding steroid dienone is 9. The maximum Gasteiger partial charge on any atom is 0.339 e. The minimum Gasteiger partial charge on any atom is -0.467 e. The zero-order valence-electron chi connectivity index (χ0n) is 27.0. The van der Waals surface area contributed by atoms with Crippen molar-refractivity contribution < 1.29 is 52.4 Å². The molecule has 0 bridgehead atoms. The Morgan fingerprint density at radius 1 is 0.818 bits per heavy atom. The summed E-state index contributed by atoms with van der Waals surface area (Å²) in [5.74, 6) is -4.41. The summed E-state index contributed by atoms with van der Waals surface area (Å²) in [6, 6.07) is 0. The van der Waals surface area contributed by atoms with Gasteiger partial charge < -0.3 is 28.4 Å². The standard InChI is InChI=1S/C33H44O11/c1-19(15-16-25-21(3)14-11-17-33(25,7)8)12-10-13-20(2)18-26(37)43-32-30(42-24(6)36)28(41-23(5)35)27(40-22(4)34)29(44-32)31(38)39-9/h10,12-13,15-16,18,27-30,32H,11,14,17H2,1-9H3/b13-10+,16-15+,19-12+,20-18+. The molecule has 1 aliphatic carbocycles. The maximum absolute atomic E-state index is 12.9. The van der Waals surface area contributed by atoms with E-state index in [0.717, 1.165) is 46.3 Å². The summed E-state index contributed by atoms with van der Waals surface area (Å²) in [4.78, 5) is 61.0. The zero-order chi connectivity index (χ0) is 33.2. The van der Waals surface area contributed by atoms with Crippen molar-refractivity contribution in [3.63, 3.8) is 0 Å². The van der Waals surface area contributed by atoms with Gasteiger partial charge in [0.05, 0.1) is 7.11 Å². The van der Waals surface area contributed by atoms with Gasteiger partial charge in [-0.05, 0) is 56.6 Å². The highest BCUT2D eigenvalue weighted by atomic mass is 16.7. The van der Waals surface area contributed by atoms with Crippen LogP contribution in [0.15, 0.2) is 58.7 Å². The fourth-order valence-corrected chi connectivity index (χ4v) is 5.19. The van der Waals surface area contributed by atoms with E-state index in [1.807, 2.05) is 13.0 Å². The molecule has 11 heteroatoms. The Kier molecular flexibility index (Phi) is 13.3. The lowest BCUT2D eigenvalue weighted by molar-refractivity contribution is -0.293. The van der Waals surface area contributed by atoms with E-state index >= 15 is 0 Å². The molecule has 1 aliphatic heterocycles. The number of rotatable bonds is 10. The van der Waals surface area contributed by atoms with Crippen LogP contribution < -0.4 is 0 Å². The van der Waals surface area contributed by atoms with Crippen molar-refractivity contribution in [2.45, 2.75) is 105 Å². The third-order valence-electron chi connectivity index (χ3n) is 7.19. The molecule has 1 fully saturated rings. The van der Waals surface area contributed by atoms with Crippen LogP contribution in [-0.4, -0.2) is 67.7 Å². The lowest BCUT2D eigenvalue weighted by Gasteiger charge is -2.42. The molecule has 5 atom stereocenters. The van der Waals surface area contributed by atoms with E-state index in [0.29, 0.717) is 5.57 Å². The Morgan fingerprint density at radius 2 is 1.41 bits per heavy atom. The molecule has 2 aliphatic rings. The van der Waals surface area contributed by atoms with Crippen molar-refractivity contribution in [3.05, 3.63) is 58.7 Å². The van der Waals surface area contributed by atoms with Crippen LogP contribution in [0.3, 0.4) is 0 Å². The lowest BCUT2D eigenvalue weighted by atomic mass is 9.72. The lowest BCUT2D eigenvalue weighted by Crippen LogP contribution is -2.64. The quantitative estimate of drug-likeness (QED) is 0.145. The molecule has 11 nitrogen and oxygen atoms in total. The molecule has 0 amide bonds. The van der Waals surface area contributed by atoms with E-state index in [4.69, 9.17) is 28.4 Å². The van der Waals surface area contributed by atoms with Crippen LogP contribution in [0.4, 0.5) is 0 Å². The predicted molar refractivity (Wildman–Crippen MR) is 160 cm³/mol. The molecule has 242 valence electrons. The smallest absolute Gasteiger partial charge is 0.339 e. The van der Waals surface area contributed by atoms with E-state index < -0.39 is 60.6 Å². The monoisotopic (exact) mass is 616 g/mol. The van der Waals surface area contributed by atoms with Crippen LogP contribution in [0.5, 0.6) is 0 Å². The molecule has 0 radical (unpaired) electrons. The zero-order valence-corrected chi connectivity index (χ0v) is 27.0. The van der Waals surface area contributed by atoms with E-state index in [1.54, 1.807) is 19.1 Å². The molecule has 44 heavy (non-hydrogen) atoms. The number of methoxy groups -OCH3 is 1. The van der Waals surface area contributed by atoms with Gasteiger partial charge in [0.2, 0.25) is 12.4 Å². The highest BCUT2D eigenvalue weighted by molar-refractivity contribution is 5.83. The second-order valence-electron chi connectivity index (χ2n) is 11.5. The predicted octanol–water partition coefficient (Wildman–Crippen LogP) is 4.75. The van der Waals surface area contributed by atoms with Crippen LogP contribution in [-0.2, 0) is 52.4 Å². The largest absolute Gasteiger partial charge is 0.467 e. The highest BCUT2D eigenvalue weighted by Crippen LogP contribution is 2.40. The molecule has 2 rings (SSSR count). The third-order valence-corrected chi connectivity index (χ3v) is 7.19. The minimum atomic E-state index is -1.71. The normalized spacial score (nSPS) is 25.9. The van der Waals surface area contributed by atoms with Crippen LogP contribution in [0.1, 0.15) is 74.7 Å². The molecular formula is C33H44O11. The topological polar surface area (TPSA) is 141 Å². The Balaban J connectivity index is 2.25. The van der Waals surface area contributed by atoms with E-state index in [2.05, 4.69) is 32.9 Å². The molecule has 0 spiro atoms. The maximum atomic E-state index is 12.9. The summed E-state index contributed by atoms with van der Waals surface area (Å²) in [6.45, 7) is 13.6. The van der Waals surface area contributed by atoms with Gasteiger partial charge in [-0.2, -0.15) is 0 Å². The van der Waals surface area contributed by atoms with E-state index in [-0.39, 0.29) is 5.41 Å². The van der Waals surface area contributed by atoms with E-state index in [1.165, 1.54) is 23.6 Å². The molecule has 0 aromatic carbocycles. The van der Waals surface area contributed by atoms with Gasteiger partial charge in [-0.15, -0.1) is 0 Å². The van der Waals surface area contributed by atoms with Crippen LogP contribution >= 0.6 is 0 Å². The Morgan fingerprint density at radius 3 is 1.98 bits per heavy atom. The molecule has 1 heterocycles. The summed E-state index contributed by atoms with van der Waals surface area (Å²) < 4.78 is 31.5. The minimum absolute atomic E-state index is 0.140. The van der Waals surface area contributed by atoms with E-state index in [9.17, 15) is 24.0 Å². The average molecular weight is 617 g/mol. The van der Waals surface area contributed by atoms with Gasteiger partial charge in [0.25, 0.3) is 0 Å². The number of hydrogen-bond acceptors (Lipinski definition) is 11. The van der Waals surface area contributed by atoms with Crippen molar-refractivity contribution in [2.75, 3.05) is 7.11 Å². The van der Waals surface area contributed by atoms with Crippen molar-refractivity contribution >= 4 is 29.8 Å². The van der Waals surface area contributed by atoms with Gasteiger partial charge in [0.15, 0.2) is 18.3 Å². The first-order chi connectivity index (χ1) is 20.5. The van der Waals surface area contributed by atoms with Crippen LogP contribution in [0.2, 0.25) is 0 Å². The number of esters is 5. The summed E-state index contributed by atoms with van der Waals surface area (Å²) >= 11 is 0. The Hall–Kier alpha value is -3.99. The Bertz CT molecular complexity index is 1260. The summed E-state index contributed by atoms with van der Waals surface area (Å²) in [7, 11) is 1.07. The molecule has 5 unspecified atom stereocenters. The second-order valence-corrected chi connectivity index (χ2v) is 11.5. The summed E-state index contributed by atoms with van der Waals surface area (Å²) in [5.41, 5.74) is 4.46. The highest BCUT2D eigenvalue weighted by Gasteiger charge is 2.56. The number of carbonyl (C=O) groups excluding carboxylic acids is 5. The fourth-order valence-electron chi connectivity index (χ4n) is 5.19. The van der Waals surface area contributed by atoms with Gasteiger partial charge in [-0.25, -0.2) is 9.59 Å². The van der Waals surface area contributed by atoms with Gasteiger partial charge in [-0.3, -0.25) is 14.4 Å². The first kappa shape index (κ1) is 36.2. The first-order valence-electron chi connectivity index (χ1n) is 14.4. The molecular weight excluding hydrogens is 572 g/mol. The molecule has 1 saturated heterocycles. The molecule has 0 aromatic rings. The molecule has 0 N–H and O–H groups in total. The Labute approximate surface area is 258 Å². The van der Waals surface area contributed by atoms with Crippen LogP contribution in [0.25, 0.3) is 0 Å². The number of ether oxygens (including phenoxy) is 6. The first-order valence-corrected chi connectivity index (χ1v) is 14.4. The number of carbonyl (C=O) groups is 5. The van der Waals surface area contributed by atoms with Gasteiger partial charge in [-0.1, -0.05) is 55.4 Å². The average Bonchev–Trinajstić information content (AvgIpc) is 2.89. The summed E-state index contributed by atoms with van der Waals surface area (Å²) in [5, 5.41) is 0. The van der Waals surface area contributed by atoms with Gasteiger partial charge >= 0.3 is 29.8 Å². The summed E-state index contributed by atoms with van der Waals surface area (Å²) in [6.07, 6.45) is 6.23. The van der Waals surface area contributed by atoms with Crippen LogP contribution in [0, 0.1) is 5.41 Å². The fraction of sp³-hybridized carbons (Fsp3) is 0.545. The van der Waals surface area contributed by atoms with Crippen molar-refractivity contribution in [1.29, 1.82) is 0 Å². The molecule has 0 aromatic heterocycles. The second kappa shape index (κ2) is 16.2.